The Bertz CT molecular complexity index is 297. The SMILES string of the molecule is Cc1cn2c(n1)[C@@H](C)CC=C2. The van der Waals surface area contributed by atoms with Crippen molar-refractivity contribution in [1.29, 1.82) is 0 Å². The summed E-state index contributed by atoms with van der Waals surface area (Å²) in [5, 5.41) is 0. The third kappa shape index (κ3) is 0.985. The average molecular weight is 148 g/mol. The number of aryl methyl sites for hydroxylation is 1. The van der Waals surface area contributed by atoms with Crippen LogP contribution in [-0.2, 0) is 0 Å². The van der Waals surface area contributed by atoms with E-state index in [1.807, 2.05) is 6.92 Å². The summed E-state index contributed by atoms with van der Waals surface area (Å²) in [5.41, 5.74) is 1.11. The van der Waals surface area contributed by atoms with Crippen molar-refractivity contribution in [3.8, 4) is 0 Å². The van der Waals surface area contributed by atoms with Crippen molar-refractivity contribution in [3.05, 3.63) is 23.8 Å². The summed E-state index contributed by atoms with van der Waals surface area (Å²) in [6.45, 7) is 4.24. The molecule has 1 atom stereocenters. The van der Waals surface area contributed by atoms with Gasteiger partial charge in [0.05, 0.1) is 5.69 Å². The second-order valence-electron chi connectivity index (χ2n) is 3.17. The molecular weight excluding hydrogens is 136 g/mol. The predicted molar refractivity (Wildman–Crippen MR) is 45.3 cm³/mol. The Morgan fingerprint density at radius 3 is 3.18 bits per heavy atom. The Labute approximate surface area is 66.6 Å². The van der Waals surface area contributed by atoms with Gasteiger partial charge in [-0.3, -0.25) is 0 Å². The van der Waals surface area contributed by atoms with Gasteiger partial charge in [-0.15, -0.1) is 0 Å². The minimum atomic E-state index is 0.577. The predicted octanol–water partition coefficient (Wildman–Crippen LogP) is 2.17. The van der Waals surface area contributed by atoms with Gasteiger partial charge in [-0.2, -0.15) is 0 Å². The van der Waals surface area contributed by atoms with Crippen LogP contribution in [0, 0.1) is 6.92 Å². The summed E-state index contributed by atoms with van der Waals surface area (Å²) in [6, 6.07) is 0. The third-order valence-corrected chi connectivity index (χ3v) is 2.08. The lowest BCUT2D eigenvalue weighted by Gasteiger charge is -2.13. The zero-order chi connectivity index (χ0) is 7.84. The summed E-state index contributed by atoms with van der Waals surface area (Å²) in [7, 11) is 0. The molecule has 0 aromatic carbocycles. The molecule has 0 unspecified atom stereocenters. The molecule has 0 N–H and O–H groups in total. The standard InChI is InChI=1S/C9H12N2/c1-7-4-3-5-11-6-8(2)10-9(7)11/h3,5-7H,4H2,1-2H3/t7-/m0/s1. The van der Waals surface area contributed by atoms with E-state index in [2.05, 4.69) is 34.9 Å². The van der Waals surface area contributed by atoms with Gasteiger partial charge in [-0.25, -0.2) is 4.98 Å². The molecule has 0 fully saturated rings. The largest absolute Gasteiger partial charge is 0.310 e. The Morgan fingerprint density at radius 1 is 1.64 bits per heavy atom. The third-order valence-electron chi connectivity index (χ3n) is 2.08. The van der Waals surface area contributed by atoms with Crippen molar-refractivity contribution in [1.82, 2.24) is 9.55 Å². The topological polar surface area (TPSA) is 17.8 Å². The Hall–Kier alpha value is -1.05. The number of hydrogen-bond acceptors (Lipinski definition) is 1. The fraction of sp³-hybridized carbons (Fsp3) is 0.444. The van der Waals surface area contributed by atoms with E-state index >= 15 is 0 Å². The van der Waals surface area contributed by atoms with E-state index in [9.17, 15) is 0 Å². The van der Waals surface area contributed by atoms with Crippen molar-refractivity contribution in [2.75, 3.05) is 0 Å². The van der Waals surface area contributed by atoms with E-state index in [0.29, 0.717) is 5.92 Å². The molecule has 2 rings (SSSR count). The molecule has 0 aliphatic carbocycles. The van der Waals surface area contributed by atoms with Gasteiger partial charge in [0, 0.05) is 18.3 Å². The van der Waals surface area contributed by atoms with Crippen LogP contribution in [0.1, 0.15) is 30.8 Å². The van der Waals surface area contributed by atoms with Crippen molar-refractivity contribution in [3.63, 3.8) is 0 Å². The maximum absolute atomic E-state index is 4.44. The average Bonchev–Trinajstić information content (AvgIpc) is 2.31. The van der Waals surface area contributed by atoms with Gasteiger partial charge in [0.1, 0.15) is 5.82 Å². The monoisotopic (exact) mass is 148 g/mol. The quantitative estimate of drug-likeness (QED) is 0.551. The highest BCUT2D eigenvalue weighted by Gasteiger charge is 2.13. The number of aromatic nitrogens is 2. The van der Waals surface area contributed by atoms with Crippen molar-refractivity contribution in [2.24, 2.45) is 0 Å². The number of imidazole rings is 1. The molecule has 58 valence electrons. The fourth-order valence-corrected chi connectivity index (χ4v) is 1.50. The van der Waals surface area contributed by atoms with Gasteiger partial charge in [-0.1, -0.05) is 13.0 Å². The molecular formula is C9H12N2. The fourth-order valence-electron chi connectivity index (χ4n) is 1.50. The summed E-state index contributed by atoms with van der Waals surface area (Å²) in [6.07, 6.45) is 7.48. The Morgan fingerprint density at radius 2 is 2.45 bits per heavy atom. The highest BCUT2D eigenvalue weighted by Crippen LogP contribution is 2.23. The summed E-state index contributed by atoms with van der Waals surface area (Å²) in [4.78, 5) is 4.44. The number of fused-ring (bicyclic) bond motifs is 1. The second kappa shape index (κ2) is 2.22. The van der Waals surface area contributed by atoms with Gasteiger partial charge >= 0.3 is 0 Å². The molecule has 0 bridgehead atoms. The Kier molecular flexibility index (Phi) is 1.34. The molecule has 0 amide bonds. The maximum atomic E-state index is 4.44. The normalized spacial score (nSPS) is 21.8. The molecule has 1 aromatic rings. The van der Waals surface area contributed by atoms with Crippen LogP contribution in [0.3, 0.4) is 0 Å². The van der Waals surface area contributed by atoms with Crippen molar-refractivity contribution < 1.29 is 0 Å². The molecule has 1 aromatic heterocycles. The van der Waals surface area contributed by atoms with Gasteiger partial charge in [0.2, 0.25) is 0 Å². The minimum Gasteiger partial charge on any atom is -0.310 e. The van der Waals surface area contributed by atoms with E-state index in [4.69, 9.17) is 0 Å². The molecule has 0 radical (unpaired) electrons. The smallest absolute Gasteiger partial charge is 0.116 e. The van der Waals surface area contributed by atoms with E-state index in [1.54, 1.807) is 0 Å². The number of allylic oxidation sites excluding steroid dienone is 1. The van der Waals surface area contributed by atoms with Crippen molar-refractivity contribution >= 4 is 6.20 Å². The first-order chi connectivity index (χ1) is 5.27. The van der Waals surface area contributed by atoms with Gasteiger partial charge in [0.25, 0.3) is 0 Å². The van der Waals surface area contributed by atoms with Crippen LogP contribution < -0.4 is 0 Å². The van der Waals surface area contributed by atoms with Crippen molar-refractivity contribution in [2.45, 2.75) is 26.2 Å². The zero-order valence-corrected chi connectivity index (χ0v) is 6.91. The van der Waals surface area contributed by atoms with Crippen LogP contribution in [0.15, 0.2) is 12.3 Å². The zero-order valence-electron chi connectivity index (χ0n) is 6.91. The molecule has 0 saturated carbocycles. The first kappa shape index (κ1) is 6.65. The number of nitrogens with zero attached hydrogens (tertiary/aromatic N) is 2. The lowest BCUT2D eigenvalue weighted by atomic mass is 10.1. The van der Waals surface area contributed by atoms with Gasteiger partial charge < -0.3 is 4.57 Å². The van der Waals surface area contributed by atoms with E-state index in [0.717, 1.165) is 12.1 Å². The lowest BCUT2D eigenvalue weighted by Crippen LogP contribution is -2.04. The summed E-state index contributed by atoms with van der Waals surface area (Å²) < 4.78 is 2.11. The van der Waals surface area contributed by atoms with Gasteiger partial charge in [0.15, 0.2) is 0 Å². The molecule has 0 saturated heterocycles. The van der Waals surface area contributed by atoms with Gasteiger partial charge in [-0.05, 0) is 13.3 Å². The molecule has 1 aliphatic rings. The van der Waals surface area contributed by atoms with Crippen LogP contribution in [0.25, 0.3) is 6.20 Å². The first-order valence-electron chi connectivity index (χ1n) is 3.99. The highest BCUT2D eigenvalue weighted by molar-refractivity contribution is 5.31. The molecule has 2 heterocycles. The molecule has 1 aliphatic heterocycles. The molecule has 0 spiro atoms. The molecule has 11 heavy (non-hydrogen) atoms. The highest BCUT2D eigenvalue weighted by atomic mass is 15.1. The van der Waals surface area contributed by atoms with E-state index < -0.39 is 0 Å². The van der Waals surface area contributed by atoms with Crippen LogP contribution in [0.5, 0.6) is 0 Å². The summed E-state index contributed by atoms with van der Waals surface area (Å²) >= 11 is 0. The molecule has 2 heteroatoms. The lowest BCUT2D eigenvalue weighted by molar-refractivity contribution is 0.687. The minimum absolute atomic E-state index is 0.577. The molecule has 2 nitrogen and oxygen atoms in total. The number of rotatable bonds is 0. The number of hydrogen-bond donors (Lipinski definition) is 0. The van der Waals surface area contributed by atoms with Crippen LogP contribution in [0.2, 0.25) is 0 Å². The van der Waals surface area contributed by atoms with E-state index in [-0.39, 0.29) is 0 Å². The second-order valence-corrected chi connectivity index (χ2v) is 3.17. The maximum Gasteiger partial charge on any atom is 0.116 e. The van der Waals surface area contributed by atoms with Crippen LogP contribution in [0.4, 0.5) is 0 Å². The Balaban J connectivity index is 2.53. The summed E-state index contributed by atoms with van der Waals surface area (Å²) in [5.74, 6) is 1.78. The first-order valence-corrected chi connectivity index (χ1v) is 3.99. The van der Waals surface area contributed by atoms with E-state index in [1.165, 1.54) is 5.82 Å². The van der Waals surface area contributed by atoms with Crippen LogP contribution in [-0.4, -0.2) is 9.55 Å². The van der Waals surface area contributed by atoms with Crippen LogP contribution >= 0.6 is 0 Å².